The molecule has 0 aliphatic rings. The van der Waals surface area contributed by atoms with Gasteiger partial charge in [-0.15, -0.1) is 11.3 Å². The molecule has 0 atom stereocenters. The van der Waals surface area contributed by atoms with Gasteiger partial charge in [0.15, 0.2) is 0 Å². The number of amides is 1. The quantitative estimate of drug-likeness (QED) is 0.865. The Bertz CT molecular complexity index is 508. The molecule has 3 nitrogen and oxygen atoms in total. The molecule has 0 spiro atoms. The van der Waals surface area contributed by atoms with E-state index in [0.29, 0.717) is 18.7 Å². The molecule has 0 radical (unpaired) electrons. The second-order valence-electron chi connectivity index (χ2n) is 3.99. The molecule has 4 heteroatoms. The lowest BCUT2D eigenvalue weighted by Crippen LogP contribution is -2.25. The van der Waals surface area contributed by atoms with Crippen molar-refractivity contribution in [1.29, 1.82) is 0 Å². The third-order valence-electron chi connectivity index (χ3n) is 2.66. The summed E-state index contributed by atoms with van der Waals surface area (Å²) in [5.74, 6) is -0.0399. The van der Waals surface area contributed by atoms with Crippen LogP contribution in [0.1, 0.15) is 20.8 Å². The number of nitrogens with two attached hydrogens (primary N) is 1. The van der Waals surface area contributed by atoms with Gasteiger partial charge in [0.1, 0.15) is 0 Å². The Kier molecular flexibility index (Phi) is 4.50. The molecular formula is C14H16N2OS. The van der Waals surface area contributed by atoms with E-state index in [1.165, 1.54) is 4.88 Å². The zero-order valence-corrected chi connectivity index (χ0v) is 10.9. The minimum Gasteiger partial charge on any atom is -0.352 e. The van der Waals surface area contributed by atoms with Crippen LogP contribution in [-0.4, -0.2) is 12.5 Å². The van der Waals surface area contributed by atoms with Crippen LogP contribution >= 0.6 is 11.3 Å². The van der Waals surface area contributed by atoms with E-state index in [4.69, 9.17) is 5.73 Å². The normalized spacial score (nSPS) is 10.3. The van der Waals surface area contributed by atoms with Crippen molar-refractivity contribution in [2.24, 2.45) is 5.73 Å². The first-order valence-electron chi connectivity index (χ1n) is 5.89. The summed E-state index contributed by atoms with van der Waals surface area (Å²) in [5.41, 5.74) is 7.20. The maximum absolute atomic E-state index is 11.9. The molecule has 0 saturated carbocycles. The summed E-state index contributed by atoms with van der Waals surface area (Å²) < 4.78 is 0. The molecule has 2 aromatic rings. The summed E-state index contributed by atoms with van der Waals surface area (Å²) in [7, 11) is 0. The number of hydrogen-bond donors (Lipinski definition) is 2. The Morgan fingerprint density at radius 1 is 1.28 bits per heavy atom. The van der Waals surface area contributed by atoms with Crippen molar-refractivity contribution in [1.82, 2.24) is 5.32 Å². The van der Waals surface area contributed by atoms with Gasteiger partial charge < -0.3 is 11.1 Å². The van der Waals surface area contributed by atoms with E-state index < -0.39 is 0 Å². The largest absolute Gasteiger partial charge is 0.352 e. The fourth-order valence-electron chi connectivity index (χ4n) is 1.70. The zero-order valence-electron chi connectivity index (χ0n) is 10.1. The summed E-state index contributed by atoms with van der Waals surface area (Å²) >= 11 is 1.71. The summed E-state index contributed by atoms with van der Waals surface area (Å²) in [6, 6.07) is 11.5. The van der Waals surface area contributed by atoms with Crippen LogP contribution < -0.4 is 11.1 Å². The van der Waals surface area contributed by atoms with Gasteiger partial charge in [-0.3, -0.25) is 4.79 Å². The number of carbonyl (C=O) groups is 1. The molecule has 0 unspecified atom stereocenters. The minimum absolute atomic E-state index is 0.0399. The Balaban J connectivity index is 1.87. The van der Waals surface area contributed by atoms with Crippen LogP contribution in [0.25, 0.3) is 0 Å². The lowest BCUT2D eigenvalue weighted by Gasteiger charge is -2.05. The van der Waals surface area contributed by atoms with Crippen molar-refractivity contribution in [3.8, 4) is 0 Å². The van der Waals surface area contributed by atoms with E-state index in [0.717, 1.165) is 12.0 Å². The standard InChI is InChI=1S/C14H16N2OS/c15-10-11-3-1-4-12(9-11)14(17)16-7-6-13-5-2-8-18-13/h1-5,8-9H,6-7,10,15H2,(H,16,17). The Hall–Kier alpha value is -1.65. The maximum Gasteiger partial charge on any atom is 0.251 e. The zero-order chi connectivity index (χ0) is 12.8. The van der Waals surface area contributed by atoms with Crippen molar-refractivity contribution in [3.05, 3.63) is 57.8 Å². The molecule has 3 N–H and O–H groups in total. The molecule has 0 aliphatic carbocycles. The van der Waals surface area contributed by atoms with Gasteiger partial charge >= 0.3 is 0 Å². The predicted molar refractivity (Wildman–Crippen MR) is 74.7 cm³/mol. The van der Waals surface area contributed by atoms with Crippen molar-refractivity contribution in [2.75, 3.05) is 6.54 Å². The highest BCUT2D eigenvalue weighted by atomic mass is 32.1. The maximum atomic E-state index is 11.9. The average molecular weight is 260 g/mol. The molecule has 0 saturated heterocycles. The molecule has 1 amide bonds. The van der Waals surface area contributed by atoms with E-state index in [1.54, 1.807) is 17.4 Å². The van der Waals surface area contributed by atoms with Gasteiger partial charge in [0, 0.05) is 23.5 Å². The van der Waals surface area contributed by atoms with Gasteiger partial charge in [-0.05, 0) is 35.6 Å². The van der Waals surface area contributed by atoms with E-state index >= 15 is 0 Å². The second-order valence-corrected chi connectivity index (χ2v) is 5.02. The number of rotatable bonds is 5. The molecular weight excluding hydrogens is 244 g/mol. The van der Waals surface area contributed by atoms with Crippen LogP contribution in [0.5, 0.6) is 0 Å². The molecule has 0 aliphatic heterocycles. The van der Waals surface area contributed by atoms with Crippen molar-refractivity contribution < 1.29 is 4.79 Å². The fraction of sp³-hybridized carbons (Fsp3) is 0.214. The average Bonchev–Trinajstić information content (AvgIpc) is 2.92. The molecule has 1 aromatic heterocycles. The van der Waals surface area contributed by atoms with E-state index in [9.17, 15) is 4.79 Å². The van der Waals surface area contributed by atoms with Crippen LogP contribution in [-0.2, 0) is 13.0 Å². The fourth-order valence-corrected chi connectivity index (χ4v) is 2.40. The summed E-state index contributed by atoms with van der Waals surface area (Å²) in [5, 5.41) is 4.96. The Labute approximate surface area is 111 Å². The smallest absolute Gasteiger partial charge is 0.251 e. The van der Waals surface area contributed by atoms with Gasteiger partial charge in [-0.2, -0.15) is 0 Å². The summed E-state index contributed by atoms with van der Waals surface area (Å²) in [6.07, 6.45) is 0.875. The third kappa shape index (κ3) is 3.42. The summed E-state index contributed by atoms with van der Waals surface area (Å²) in [4.78, 5) is 13.2. The van der Waals surface area contributed by atoms with Crippen molar-refractivity contribution in [2.45, 2.75) is 13.0 Å². The molecule has 0 bridgehead atoms. The first kappa shape index (κ1) is 12.8. The number of hydrogen-bond acceptors (Lipinski definition) is 3. The lowest BCUT2D eigenvalue weighted by atomic mass is 10.1. The van der Waals surface area contributed by atoms with Crippen LogP contribution in [0.2, 0.25) is 0 Å². The predicted octanol–water partition coefficient (Wildman–Crippen LogP) is 2.18. The molecule has 2 rings (SSSR count). The van der Waals surface area contributed by atoms with Gasteiger partial charge in [0.25, 0.3) is 5.91 Å². The lowest BCUT2D eigenvalue weighted by molar-refractivity contribution is 0.0954. The summed E-state index contributed by atoms with van der Waals surface area (Å²) in [6.45, 7) is 1.11. The molecule has 18 heavy (non-hydrogen) atoms. The highest BCUT2D eigenvalue weighted by Gasteiger charge is 2.05. The van der Waals surface area contributed by atoms with Gasteiger partial charge in [0.2, 0.25) is 0 Å². The number of carbonyl (C=O) groups excluding carboxylic acids is 1. The Morgan fingerprint density at radius 3 is 2.89 bits per heavy atom. The van der Waals surface area contributed by atoms with Gasteiger partial charge in [0.05, 0.1) is 0 Å². The van der Waals surface area contributed by atoms with Gasteiger partial charge in [-0.1, -0.05) is 18.2 Å². The van der Waals surface area contributed by atoms with Crippen molar-refractivity contribution >= 4 is 17.2 Å². The monoisotopic (exact) mass is 260 g/mol. The highest BCUT2D eigenvalue weighted by molar-refractivity contribution is 7.09. The van der Waals surface area contributed by atoms with Crippen molar-refractivity contribution in [3.63, 3.8) is 0 Å². The van der Waals surface area contributed by atoms with E-state index in [1.807, 2.05) is 29.6 Å². The van der Waals surface area contributed by atoms with Crippen LogP contribution in [0.15, 0.2) is 41.8 Å². The molecule has 0 fully saturated rings. The van der Waals surface area contributed by atoms with Crippen LogP contribution in [0.4, 0.5) is 0 Å². The topological polar surface area (TPSA) is 55.1 Å². The minimum atomic E-state index is -0.0399. The number of benzene rings is 1. The second kappa shape index (κ2) is 6.33. The third-order valence-corrected chi connectivity index (χ3v) is 3.60. The van der Waals surface area contributed by atoms with E-state index in [-0.39, 0.29) is 5.91 Å². The van der Waals surface area contributed by atoms with Gasteiger partial charge in [-0.25, -0.2) is 0 Å². The first-order valence-corrected chi connectivity index (χ1v) is 6.77. The molecule has 1 aromatic carbocycles. The SMILES string of the molecule is NCc1cccc(C(=O)NCCc2cccs2)c1. The number of thiophene rings is 1. The first-order chi connectivity index (χ1) is 8.79. The van der Waals surface area contributed by atoms with Crippen LogP contribution in [0.3, 0.4) is 0 Å². The van der Waals surface area contributed by atoms with E-state index in [2.05, 4.69) is 11.4 Å². The molecule has 1 heterocycles. The molecule has 94 valence electrons. The van der Waals surface area contributed by atoms with Crippen LogP contribution in [0, 0.1) is 0 Å². The highest BCUT2D eigenvalue weighted by Crippen LogP contribution is 2.08. The number of nitrogens with one attached hydrogen (secondary N) is 1. The Morgan fingerprint density at radius 2 is 2.17 bits per heavy atom.